The lowest BCUT2D eigenvalue weighted by Gasteiger charge is -2.31. The second-order valence-corrected chi connectivity index (χ2v) is 8.34. The quantitative estimate of drug-likeness (QED) is 0.691. The summed E-state index contributed by atoms with van der Waals surface area (Å²) in [6.45, 7) is 3.39. The van der Waals surface area contributed by atoms with Gasteiger partial charge in [-0.25, -0.2) is 17.7 Å². The van der Waals surface area contributed by atoms with Gasteiger partial charge in [-0.3, -0.25) is 9.36 Å². The Morgan fingerprint density at radius 2 is 2.20 bits per heavy atom. The fourth-order valence-corrected chi connectivity index (χ4v) is 3.87. The minimum absolute atomic E-state index is 0.0467. The van der Waals surface area contributed by atoms with E-state index in [0.29, 0.717) is 29.0 Å². The molecule has 6 nitrogen and oxygen atoms in total. The molecule has 112 valence electrons. The third-order valence-electron chi connectivity index (χ3n) is 3.60. The molecule has 1 aliphatic heterocycles. The van der Waals surface area contributed by atoms with Gasteiger partial charge in [-0.2, -0.15) is 0 Å². The van der Waals surface area contributed by atoms with E-state index in [2.05, 4.69) is 4.98 Å². The third-order valence-corrected chi connectivity index (χ3v) is 5.61. The van der Waals surface area contributed by atoms with E-state index >= 15 is 0 Å². The Morgan fingerprint density at radius 1 is 1.50 bits per heavy atom. The van der Waals surface area contributed by atoms with Crippen molar-refractivity contribution in [2.45, 2.75) is 26.3 Å². The monoisotopic (exact) mass is 411 g/mol. The molecule has 1 saturated heterocycles. The Balaban J connectivity index is 2.19. The van der Waals surface area contributed by atoms with Gasteiger partial charge in [-0.05, 0) is 48.3 Å². The predicted molar refractivity (Wildman–Crippen MR) is 85.1 cm³/mol. The topological polar surface area (TPSA) is 72.3 Å². The van der Waals surface area contributed by atoms with Crippen LogP contribution >= 0.6 is 22.6 Å². The number of hydrogen-bond acceptors (Lipinski definition) is 4. The summed E-state index contributed by atoms with van der Waals surface area (Å²) in [7, 11) is -3.15. The van der Waals surface area contributed by atoms with Crippen LogP contribution in [-0.4, -0.2) is 41.6 Å². The van der Waals surface area contributed by atoms with Crippen LogP contribution in [-0.2, 0) is 16.6 Å². The van der Waals surface area contributed by atoms with Gasteiger partial charge in [0.05, 0.1) is 9.83 Å². The number of aryl methyl sites for hydroxylation is 1. The van der Waals surface area contributed by atoms with Crippen molar-refractivity contribution < 1.29 is 8.42 Å². The van der Waals surface area contributed by atoms with Crippen LogP contribution in [0.2, 0.25) is 0 Å². The molecule has 0 aromatic carbocycles. The average Bonchev–Trinajstić information content (AvgIpc) is 2.39. The van der Waals surface area contributed by atoms with E-state index in [-0.39, 0.29) is 11.5 Å². The molecule has 1 aliphatic rings. The van der Waals surface area contributed by atoms with Crippen molar-refractivity contribution >= 4 is 32.6 Å². The highest BCUT2D eigenvalue weighted by Crippen LogP contribution is 2.20. The highest BCUT2D eigenvalue weighted by Gasteiger charge is 2.26. The Bertz CT molecular complexity index is 656. The summed E-state index contributed by atoms with van der Waals surface area (Å²) in [5.74, 6) is 0.835. The second-order valence-electron chi connectivity index (χ2n) is 5.20. The first-order chi connectivity index (χ1) is 9.29. The van der Waals surface area contributed by atoms with Gasteiger partial charge in [0.15, 0.2) is 0 Å². The fraction of sp³-hybridized carbons (Fsp3) is 0.667. The first-order valence-corrected chi connectivity index (χ1v) is 9.39. The number of hydrogen-bond donors (Lipinski definition) is 0. The number of aromatic nitrogens is 2. The number of halogens is 1. The molecule has 8 heteroatoms. The second kappa shape index (κ2) is 6.10. The number of piperidine rings is 1. The molecule has 1 aromatic heterocycles. The number of sulfonamides is 1. The maximum Gasteiger partial charge on any atom is 0.266 e. The van der Waals surface area contributed by atoms with Crippen molar-refractivity contribution in [1.82, 2.24) is 13.9 Å². The van der Waals surface area contributed by atoms with Crippen LogP contribution in [0.25, 0.3) is 0 Å². The predicted octanol–water partition coefficient (Wildman–Crippen LogP) is 0.828. The molecule has 0 bridgehead atoms. The van der Waals surface area contributed by atoms with Crippen molar-refractivity contribution in [3.05, 3.63) is 25.9 Å². The standard InChI is InChI=1S/C12H18IN3O3S/c1-9-14-6-11(13)12(17)16(9)8-10-4-3-5-15(7-10)20(2,18)19/h6,10H,3-5,7-8H2,1-2H3. The molecule has 1 unspecified atom stereocenters. The molecular weight excluding hydrogens is 393 g/mol. The van der Waals surface area contributed by atoms with Crippen LogP contribution < -0.4 is 5.56 Å². The summed E-state index contributed by atoms with van der Waals surface area (Å²) in [6, 6.07) is 0. The third kappa shape index (κ3) is 3.59. The van der Waals surface area contributed by atoms with Crippen LogP contribution in [0.5, 0.6) is 0 Å². The molecule has 0 N–H and O–H groups in total. The maximum absolute atomic E-state index is 12.1. The van der Waals surface area contributed by atoms with Gasteiger partial charge in [0, 0.05) is 25.8 Å². The van der Waals surface area contributed by atoms with Crippen LogP contribution in [0.4, 0.5) is 0 Å². The summed E-state index contributed by atoms with van der Waals surface area (Å²) in [6.07, 6.45) is 4.57. The summed E-state index contributed by atoms with van der Waals surface area (Å²) in [4.78, 5) is 16.3. The largest absolute Gasteiger partial charge is 0.296 e. The molecule has 1 aromatic rings. The fourth-order valence-electron chi connectivity index (χ4n) is 2.50. The van der Waals surface area contributed by atoms with Gasteiger partial charge >= 0.3 is 0 Å². The zero-order valence-corrected chi connectivity index (χ0v) is 14.5. The van der Waals surface area contributed by atoms with Crippen molar-refractivity contribution in [2.75, 3.05) is 19.3 Å². The Morgan fingerprint density at radius 3 is 2.85 bits per heavy atom. The van der Waals surface area contributed by atoms with Crippen LogP contribution in [0.15, 0.2) is 11.0 Å². The minimum atomic E-state index is -3.15. The van der Waals surface area contributed by atoms with Crippen molar-refractivity contribution in [3.8, 4) is 0 Å². The van der Waals surface area contributed by atoms with E-state index < -0.39 is 10.0 Å². The van der Waals surface area contributed by atoms with Crippen LogP contribution in [0, 0.1) is 16.4 Å². The molecule has 20 heavy (non-hydrogen) atoms. The van der Waals surface area contributed by atoms with E-state index in [1.807, 2.05) is 22.6 Å². The van der Waals surface area contributed by atoms with Crippen molar-refractivity contribution in [1.29, 1.82) is 0 Å². The minimum Gasteiger partial charge on any atom is -0.296 e. The molecule has 1 fully saturated rings. The molecule has 0 amide bonds. The Kier molecular flexibility index (Phi) is 4.85. The van der Waals surface area contributed by atoms with E-state index in [9.17, 15) is 13.2 Å². The average molecular weight is 411 g/mol. The lowest BCUT2D eigenvalue weighted by Crippen LogP contribution is -2.41. The highest BCUT2D eigenvalue weighted by molar-refractivity contribution is 14.1. The van der Waals surface area contributed by atoms with Gasteiger partial charge in [-0.1, -0.05) is 0 Å². The molecule has 2 heterocycles. The Hall–Kier alpha value is -0.480. The van der Waals surface area contributed by atoms with Gasteiger partial charge in [0.2, 0.25) is 10.0 Å². The molecule has 0 spiro atoms. The summed E-state index contributed by atoms with van der Waals surface area (Å²) in [5.41, 5.74) is -0.0467. The van der Waals surface area contributed by atoms with Gasteiger partial charge in [0.25, 0.3) is 5.56 Å². The van der Waals surface area contributed by atoms with Crippen LogP contribution in [0.3, 0.4) is 0 Å². The van der Waals surface area contributed by atoms with Crippen LogP contribution in [0.1, 0.15) is 18.7 Å². The lowest BCUT2D eigenvalue weighted by atomic mass is 9.99. The van der Waals surface area contributed by atoms with Gasteiger partial charge < -0.3 is 0 Å². The first kappa shape index (κ1) is 15.9. The van der Waals surface area contributed by atoms with E-state index in [0.717, 1.165) is 12.8 Å². The van der Waals surface area contributed by atoms with Crippen molar-refractivity contribution in [3.63, 3.8) is 0 Å². The summed E-state index contributed by atoms with van der Waals surface area (Å²) in [5, 5.41) is 0. The molecule has 2 rings (SSSR count). The van der Waals surface area contributed by atoms with E-state index in [1.54, 1.807) is 17.7 Å². The molecule has 0 radical (unpaired) electrons. The molecule has 0 saturated carbocycles. The summed E-state index contributed by atoms with van der Waals surface area (Å²) < 4.78 is 27.0. The SMILES string of the molecule is Cc1ncc(I)c(=O)n1CC1CCCN(S(C)(=O)=O)C1. The zero-order valence-electron chi connectivity index (χ0n) is 11.5. The molecular formula is C12H18IN3O3S. The van der Waals surface area contributed by atoms with E-state index in [1.165, 1.54) is 10.6 Å². The Labute approximate surface area is 132 Å². The smallest absolute Gasteiger partial charge is 0.266 e. The normalized spacial score (nSPS) is 21.1. The summed E-state index contributed by atoms with van der Waals surface area (Å²) >= 11 is 1.98. The number of nitrogens with zero attached hydrogens (tertiary/aromatic N) is 3. The number of rotatable bonds is 3. The maximum atomic E-state index is 12.1. The first-order valence-electron chi connectivity index (χ1n) is 6.46. The zero-order chi connectivity index (χ0) is 14.9. The lowest BCUT2D eigenvalue weighted by molar-refractivity contribution is 0.243. The molecule has 0 aliphatic carbocycles. The van der Waals surface area contributed by atoms with Gasteiger partial charge in [-0.15, -0.1) is 0 Å². The van der Waals surface area contributed by atoms with Crippen molar-refractivity contribution in [2.24, 2.45) is 5.92 Å². The van der Waals surface area contributed by atoms with Gasteiger partial charge in [0.1, 0.15) is 5.82 Å². The molecule has 1 atom stereocenters. The highest BCUT2D eigenvalue weighted by atomic mass is 127. The van der Waals surface area contributed by atoms with E-state index in [4.69, 9.17) is 0 Å².